The van der Waals surface area contributed by atoms with Gasteiger partial charge in [0.2, 0.25) is 0 Å². The molecule has 1 aromatic carbocycles. The molecule has 2 N–H and O–H groups in total. The second-order valence-electron chi connectivity index (χ2n) is 4.25. The van der Waals surface area contributed by atoms with Gasteiger partial charge in [-0.1, -0.05) is 0 Å². The van der Waals surface area contributed by atoms with Crippen LogP contribution in [-0.4, -0.2) is 12.1 Å². The van der Waals surface area contributed by atoms with Gasteiger partial charge in [-0.05, 0) is 60.3 Å². The summed E-state index contributed by atoms with van der Waals surface area (Å²) >= 11 is 3.12. The monoisotopic (exact) mass is 287 g/mol. The number of halogens is 2. The zero-order chi connectivity index (χ0) is 11.6. The molecule has 0 aromatic heterocycles. The Kier molecular flexibility index (Phi) is 3.50. The molecular formula is C12H15BrFNO. The third-order valence-electron chi connectivity index (χ3n) is 3.09. The number of nitrogens with two attached hydrogens (primary N) is 1. The summed E-state index contributed by atoms with van der Waals surface area (Å²) in [6.07, 6.45) is 4.04. The van der Waals surface area contributed by atoms with Crippen LogP contribution in [0.15, 0.2) is 22.7 Å². The molecule has 0 bridgehead atoms. The minimum Gasteiger partial charge on any atom is -0.487 e. The van der Waals surface area contributed by atoms with Crippen LogP contribution in [0.25, 0.3) is 0 Å². The standard InChI is InChI=1S/C12H15BrFNO/c13-10-3-2-9(8-11(10)14)16-12(6-7-15)4-1-5-12/h2-3,8H,1,4-7,15H2. The Hall–Kier alpha value is -0.610. The summed E-state index contributed by atoms with van der Waals surface area (Å²) < 4.78 is 19.6. The van der Waals surface area contributed by atoms with Gasteiger partial charge in [-0.2, -0.15) is 0 Å². The Morgan fingerprint density at radius 3 is 2.69 bits per heavy atom. The van der Waals surface area contributed by atoms with Crippen molar-refractivity contribution in [2.45, 2.75) is 31.3 Å². The molecule has 0 atom stereocenters. The van der Waals surface area contributed by atoms with Crippen LogP contribution >= 0.6 is 15.9 Å². The molecule has 0 amide bonds. The van der Waals surface area contributed by atoms with Gasteiger partial charge in [0, 0.05) is 6.07 Å². The molecule has 0 radical (unpaired) electrons. The first-order valence-electron chi connectivity index (χ1n) is 5.49. The Morgan fingerprint density at radius 2 is 2.19 bits per heavy atom. The summed E-state index contributed by atoms with van der Waals surface area (Å²) in [5, 5.41) is 0. The number of benzene rings is 1. The number of hydrogen-bond donors (Lipinski definition) is 1. The third-order valence-corrected chi connectivity index (χ3v) is 3.73. The number of hydrogen-bond acceptors (Lipinski definition) is 2. The van der Waals surface area contributed by atoms with Gasteiger partial charge in [-0.3, -0.25) is 0 Å². The van der Waals surface area contributed by atoms with Gasteiger partial charge in [-0.15, -0.1) is 0 Å². The number of ether oxygens (including phenoxy) is 1. The Labute approximate surface area is 103 Å². The van der Waals surface area contributed by atoms with Crippen molar-refractivity contribution in [3.8, 4) is 5.75 Å². The zero-order valence-electron chi connectivity index (χ0n) is 9.01. The summed E-state index contributed by atoms with van der Waals surface area (Å²) in [7, 11) is 0. The van der Waals surface area contributed by atoms with Crippen molar-refractivity contribution in [3.05, 3.63) is 28.5 Å². The molecule has 1 aromatic rings. The minimum absolute atomic E-state index is 0.144. The lowest BCUT2D eigenvalue weighted by Gasteiger charge is -2.41. The lowest BCUT2D eigenvalue weighted by atomic mass is 9.77. The summed E-state index contributed by atoms with van der Waals surface area (Å²) in [5.41, 5.74) is 5.43. The van der Waals surface area contributed by atoms with E-state index in [0.29, 0.717) is 16.8 Å². The Balaban J connectivity index is 2.10. The highest BCUT2D eigenvalue weighted by Crippen LogP contribution is 2.39. The largest absolute Gasteiger partial charge is 0.487 e. The van der Waals surface area contributed by atoms with Crippen molar-refractivity contribution >= 4 is 15.9 Å². The lowest BCUT2D eigenvalue weighted by Crippen LogP contribution is -2.44. The van der Waals surface area contributed by atoms with Gasteiger partial charge in [0.1, 0.15) is 17.2 Å². The van der Waals surface area contributed by atoms with E-state index >= 15 is 0 Å². The molecular weight excluding hydrogens is 273 g/mol. The van der Waals surface area contributed by atoms with Crippen molar-refractivity contribution in [2.24, 2.45) is 5.73 Å². The Morgan fingerprint density at radius 1 is 1.44 bits per heavy atom. The lowest BCUT2D eigenvalue weighted by molar-refractivity contribution is -0.0127. The minimum atomic E-state index is -0.292. The fraction of sp³-hybridized carbons (Fsp3) is 0.500. The van der Waals surface area contributed by atoms with Crippen LogP contribution in [0.2, 0.25) is 0 Å². The first-order valence-corrected chi connectivity index (χ1v) is 6.29. The van der Waals surface area contributed by atoms with E-state index in [1.807, 2.05) is 0 Å². The molecule has 0 saturated heterocycles. The first-order chi connectivity index (χ1) is 7.65. The van der Waals surface area contributed by atoms with Crippen LogP contribution in [-0.2, 0) is 0 Å². The van der Waals surface area contributed by atoms with E-state index in [1.165, 1.54) is 12.5 Å². The Bertz CT molecular complexity index is 379. The molecule has 0 heterocycles. The quantitative estimate of drug-likeness (QED) is 0.923. The van der Waals surface area contributed by atoms with E-state index in [4.69, 9.17) is 10.5 Å². The van der Waals surface area contributed by atoms with Crippen molar-refractivity contribution < 1.29 is 9.13 Å². The van der Waals surface area contributed by atoms with Crippen LogP contribution in [0.5, 0.6) is 5.75 Å². The summed E-state index contributed by atoms with van der Waals surface area (Å²) in [6.45, 7) is 0.610. The van der Waals surface area contributed by atoms with Gasteiger partial charge in [0.05, 0.1) is 4.47 Å². The molecule has 88 valence electrons. The van der Waals surface area contributed by atoms with Crippen molar-refractivity contribution in [3.63, 3.8) is 0 Å². The van der Waals surface area contributed by atoms with E-state index in [-0.39, 0.29) is 11.4 Å². The summed E-state index contributed by atoms with van der Waals surface area (Å²) in [4.78, 5) is 0. The van der Waals surface area contributed by atoms with E-state index in [0.717, 1.165) is 19.3 Å². The average molecular weight is 288 g/mol. The van der Waals surface area contributed by atoms with Crippen LogP contribution < -0.4 is 10.5 Å². The van der Waals surface area contributed by atoms with Gasteiger partial charge >= 0.3 is 0 Å². The van der Waals surface area contributed by atoms with Crippen molar-refractivity contribution in [1.82, 2.24) is 0 Å². The second kappa shape index (κ2) is 4.72. The van der Waals surface area contributed by atoms with Gasteiger partial charge < -0.3 is 10.5 Å². The zero-order valence-corrected chi connectivity index (χ0v) is 10.6. The van der Waals surface area contributed by atoms with Gasteiger partial charge in [0.25, 0.3) is 0 Å². The molecule has 16 heavy (non-hydrogen) atoms. The molecule has 0 spiro atoms. The SMILES string of the molecule is NCCC1(Oc2ccc(Br)c(F)c2)CCC1. The second-order valence-corrected chi connectivity index (χ2v) is 5.11. The topological polar surface area (TPSA) is 35.2 Å². The molecule has 1 aliphatic carbocycles. The normalized spacial score (nSPS) is 17.9. The highest BCUT2D eigenvalue weighted by Gasteiger charge is 2.38. The third kappa shape index (κ3) is 2.38. The van der Waals surface area contributed by atoms with Gasteiger partial charge in [0.15, 0.2) is 0 Å². The van der Waals surface area contributed by atoms with Gasteiger partial charge in [-0.25, -0.2) is 4.39 Å². The predicted molar refractivity (Wildman–Crippen MR) is 65.0 cm³/mol. The predicted octanol–water partition coefficient (Wildman–Crippen LogP) is 3.24. The van der Waals surface area contributed by atoms with E-state index in [2.05, 4.69) is 15.9 Å². The molecule has 2 rings (SSSR count). The highest BCUT2D eigenvalue weighted by molar-refractivity contribution is 9.10. The highest BCUT2D eigenvalue weighted by atomic mass is 79.9. The van der Waals surface area contributed by atoms with Crippen LogP contribution in [0.1, 0.15) is 25.7 Å². The molecule has 4 heteroatoms. The molecule has 0 unspecified atom stereocenters. The molecule has 1 saturated carbocycles. The fourth-order valence-electron chi connectivity index (χ4n) is 2.03. The maximum absolute atomic E-state index is 13.3. The van der Waals surface area contributed by atoms with Crippen LogP contribution in [0, 0.1) is 5.82 Å². The van der Waals surface area contributed by atoms with Crippen molar-refractivity contribution in [2.75, 3.05) is 6.54 Å². The van der Waals surface area contributed by atoms with Crippen molar-refractivity contribution in [1.29, 1.82) is 0 Å². The van der Waals surface area contributed by atoms with E-state index in [1.54, 1.807) is 12.1 Å². The first kappa shape index (κ1) is 11.9. The van der Waals surface area contributed by atoms with Crippen LogP contribution in [0.3, 0.4) is 0 Å². The fourth-order valence-corrected chi connectivity index (χ4v) is 2.27. The maximum Gasteiger partial charge on any atom is 0.141 e. The molecule has 1 aliphatic rings. The van der Waals surface area contributed by atoms with E-state index < -0.39 is 0 Å². The molecule has 2 nitrogen and oxygen atoms in total. The average Bonchev–Trinajstić information content (AvgIpc) is 2.20. The smallest absolute Gasteiger partial charge is 0.141 e. The van der Waals surface area contributed by atoms with E-state index in [9.17, 15) is 4.39 Å². The maximum atomic E-state index is 13.3. The molecule has 0 aliphatic heterocycles. The molecule has 1 fully saturated rings. The number of rotatable bonds is 4. The summed E-state index contributed by atoms with van der Waals surface area (Å²) in [6, 6.07) is 4.86. The van der Waals surface area contributed by atoms with Crippen LogP contribution in [0.4, 0.5) is 4.39 Å². The summed E-state index contributed by atoms with van der Waals surface area (Å²) in [5.74, 6) is 0.300.